The van der Waals surface area contributed by atoms with E-state index in [2.05, 4.69) is 17.1 Å². The number of hydrogen-bond donors (Lipinski definition) is 1. The highest BCUT2D eigenvalue weighted by Gasteiger charge is 2.30. The van der Waals surface area contributed by atoms with Gasteiger partial charge < -0.3 is 9.84 Å². The Morgan fingerprint density at radius 3 is 3.05 bits per heavy atom. The lowest BCUT2D eigenvalue weighted by atomic mass is 9.91. The molecule has 0 bridgehead atoms. The Morgan fingerprint density at radius 2 is 2.21 bits per heavy atom. The first-order valence-electron chi connectivity index (χ1n) is 6.18. The summed E-state index contributed by atoms with van der Waals surface area (Å²) in [4.78, 5) is 5.38. The summed E-state index contributed by atoms with van der Waals surface area (Å²) in [6.07, 6.45) is 2.81. The number of ether oxygens (including phenoxy) is 1. The van der Waals surface area contributed by atoms with Crippen molar-refractivity contribution in [2.45, 2.75) is 16.9 Å². The summed E-state index contributed by atoms with van der Waals surface area (Å²) in [5.41, 5.74) is 2.03. The van der Waals surface area contributed by atoms with E-state index >= 15 is 0 Å². The lowest BCUT2D eigenvalue weighted by molar-refractivity contribution is 0.153. The fourth-order valence-electron chi connectivity index (χ4n) is 2.39. The first-order valence-corrected chi connectivity index (χ1v) is 7.17. The third-order valence-corrected chi connectivity index (χ3v) is 4.64. The van der Waals surface area contributed by atoms with Crippen molar-refractivity contribution in [3.05, 3.63) is 53.9 Å². The maximum absolute atomic E-state index is 10.6. The third-order valence-electron chi connectivity index (χ3n) is 3.43. The largest absolute Gasteiger partial charge is 0.495 e. The second-order valence-electron chi connectivity index (χ2n) is 4.56. The zero-order chi connectivity index (χ0) is 13.2. The molecule has 4 heteroatoms. The minimum absolute atomic E-state index is 0.120. The summed E-state index contributed by atoms with van der Waals surface area (Å²) in [6, 6.07) is 10.1. The molecular weight excluding hydrogens is 258 g/mol. The zero-order valence-electron chi connectivity index (χ0n) is 10.6. The van der Waals surface area contributed by atoms with Crippen LogP contribution < -0.4 is 4.74 Å². The van der Waals surface area contributed by atoms with Crippen molar-refractivity contribution in [3.63, 3.8) is 0 Å². The van der Waals surface area contributed by atoms with Crippen LogP contribution in [0.5, 0.6) is 5.75 Å². The standard InChI is InChI=1S/C15H15NO2S/c1-18-11-6-10(7-16-8-11)15(17)13-9-19-14-5-3-2-4-12(13)14/h2-8,13,15,17H,9H2,1H3. The first kappa shape index (κ1) is 12.5. The van der Waals surface area contributed by atoms with Crippen LogP contribution in [0.25, 0.3) is 0 Å². The average molecular weight is 273 g/mol. The minimum atomic E-state index is -0.543. The van der Waals surface area contributed by atoms with E-state index in [9.17, 15) is 5.11 Å². The Balaban J connectivity index is 1.90. The number of thioether (sulfide) groups is 1. The molecule has 1 aromatic heterocycles. The van der Waals surface area contributed by atoms with Crippen molar-refractivity contribution in [1.82, 2.24) is 4.98 Å². The van der Waals surface area contributed by atoms with Crippen molar-refractivity contribution < 1.29 is 9.84 Å². The van der Waals surface area contributed by atoms with Crippen LogP contribution in [-0.2, 0) is 0 Å². The van der Waals surface area contributed by atoms with Gasteiger partial charge in [0.2, 0.25) is 0 Å². The van der Waals surface area contributed by atoms with Gasteiger partial charge in [-0.05, 0) is 17.7 Å². The van der Waals surface area contributed by atoms with Crippen LogP contribution >= 0.6 is 11.8 Å². The van der Waals surface area contributed by atoms with E-state index in [1.165, 1.54) is 10.5 Å². The maximum atomic E-state index is 10.6. The molecule has 0 amide bonds. The summed E-state index contributed by atoms with van der Waals surface area (Å²) >= 11 is 1.80. The molecule has 2 heterocycles. The maximum Gasteiger partial charge on any atom is 0.137 e. The number of rotatable bonds is 3. The normalized spacial score (nSPS) is 18.9. The van der Waals surface area contributed by atoms with Crippen molar-refractivity contribution in [3.8, 4) is 5.75 Å². The van der Waals surface area contributed by atoms with Crippen LogP contribution in [0.2, 0.25) is 0 Å². The van der Waals surface area contributed by atoms with Gasteiger partial charge in [0.15, 0.2) is 0 Å². The Bertz CT molecular complexity index is 588. The van der Waals surface area contributed by atoms with Gasteiger partial charge in [0.1, 0.15) is 5.75 Å². The highest BCUT2D eigenvalue weighted by atomic mass is 32.2. The lowest BCUT2D eigenvalue weighted by Gasteiger charge is -2.19. The quantitative estimate of drug-likeness (QED) is 0.933. The molecule has 1 aliphatic heterocycles. The van der Waals surface area contributed by atoms with Gasteiger partial charge in [0.25, 0.3) is 0 Å². The van der Waals surface area contributed by atoms with E-state index in [4.69, 9.17) is 4.74 Å². The number of pyridine rings is 1. The molecule has 0 saturated heterocycles. The molecule has 0 radical (unpaired) electrons. The number of benzene rings is 1. The number of aliphatic hydroxyl groups excluding tert-OH is 1. The Hall–Kier alpha value is -1.52. The number of methoxy groups -OCH3 is 1. The van der Waals surface area contributed by atoms with Gasteiger partial charge in [0.05, 0.1) is 19.4 Å². The van der Waals surface area contributed by atoms with E-state index in [1.54, 1.807) is 31.3 Å². The van der Waals surface area contributed by atoms with Crippen LogP contribution in [0, 0.1) is 0 Å². The van der Waals surface area contributed by atoms with E-state index < -0.39 is 6.10 Å². The predicted octanol–water partition coefficient (Wildman–Crippen LogP) is 3.01. The summed E-state index contributed by atoms with van der Waals surface area (Å²) in [7, 11) is 1.61. The van der Waals surface area contributed by atoms with Crippen LogP contribution in [0.15, 0.2) is 47.6 Å². The number of hydrogen-bond acceptors (Lipinski definition) is 4. The number of fused-ring (bicyclic) bond motifs is 1. The fourth-order valence-corrected chi connectivity index (χ4v) is 3.67. The van der Waals surface area contributed by atoms with Gasteiger partial charge >= 0.3 is 0 Å². The molecule has 0 aliphatic carbocycles. The molecule has 98 valence electrons. The molecule has 19 heavy (non-hydrogen) atoms. The fraction of sp³-hybridized carbons (Fsp3) is 0.267. The lowest BCUT2D eigenvalue weighted by Crippen LogP contribution is -2.10. The molecule has 1 N–H and O–H groups in total. The van der Waals surface area contributed by atoms with Gasteiger partial charge in [-0.15, -0.1) is 11.8 Å². The molecule has 2 unspecified atom stereocenters. The van der Waals surface area contributed by atoms with Crippen LogP contribution in [0.3, 0.4) is 0 Å². The molecule has 1 aliphatic rings. The summed E-state index contributed by atoms with van der Waals surface area (Å²) in [6.45, 7) is 0. The third kappa shape index (κ3) is 2.33. The Kier molecular flexibility index (Phi) is 3.44. The predicted molar refractivity (Wildman–Crippen MR) is 75.7 cm³/mol. The van der Waals surface area contributed by atoms with Crippen LogP contribution in [0.1, 0.15) is 23.1 Å². The van der Waals surface area contributed by atoms with E-state index in [0.29, 0.717) is 5.75 Å². The van der Waals surface area contributed by atoms with E-state index in [0.717, 1.165) is 11.3 Å². The minimum Gasteiger partial charge on any atom is -0.495 e. The summed E-state index contributed by atoms with van der Waals surface area (Å²) in [5.74, 6) is 1.70. The molecule has 0 saturated carbocycles. The van der Waals surface area contributed by atoms with Gasteiger partial charge in [-0.25, -0.2) is 0 Å². The summed E-state index contributed by atoms with van der Waals surface area (Å²) in [5, 5.41) is 10.6. The SMILES string of the molecule is COc1cncc(C(O)C2CSc3ccccc32)c1. The number of aromatic nitrogens is 1. The molecule has 0 fully saturated rings. The molecule has 2 atom stereocenters. The smallest absolute Gasteiger partial charge is 0.137 e. The Labute approximate surface area is 116 Å². The number of aliphatic hydroxyl groups is 1. The van der Waals surface area contributed by atoms with Gasteiger partial charge in [-0.3, -0.25) is 4.98 Å². The average Bonchev–Trinajstić information content (AvgIpc) is 2.90. The number of nitrogens with zero attached hydrogens (tertiary/aromatic N) is 1. The monoisotopic (exact) mass is 273 g/mol. The zero-order valence-corrected chi connectivity index (χ0v) is 11.4. The molecule has 3 nitrogen and oxygen atoms in total. The highest BCUT2D eigenvalue weighted by molar-refractivity contribution is 7.99. The topological polar surface area (TPSA) is 42.4 Å². The van der Waals surface area contributed by atoms with Gasteiger partial charge in [-0.1, -0.05) is 18.2 Å². The molecule has 2 aromatic rings. The van der Waals surface area contributed by atoms with Gasteiger partial charge in [-0.2, -0.15) is 0 Å². The molecule has 0 spiro atoms. The van der Waals surface area contributed by atoms with Gasteiger partial charge in [0, 0.05) is 28.3 Å². The van der Waals surface area contributed by atoms with E-state index in [-0.39, 0.29) is 5.92 Å². The first-order chi connectivity index (χ1) is 9.29. The Morgan fingerprint density at radius 1 is 1.37 bits per heavy atom. The molecular formula is C15H15NO2S. The van der Waals surface area contributed by atoms with Crippen molar-refractivity contribution in [2.75, 3.05) is 12.9 Å². The van der Waals surface area contributed by atoms with Crippen LogP contribution in [-0.4, -0.2) is 23.0 Å². The molecule has 1 aromatic carbocycles. The summed E-state index contributed by atoms with van der Waals surface area (Å²) < 4.78 is 5.16. The van der Waals surface area contributed by atoms with E-state index in [1.807, 2.05) is 18.2 Å². The molecule has 3 rings (SSSR count). The van der Waals surface area contributed by atoms with Crippen LogP contribution in [0.4, 0.5) is 0 Å². The highest BCUT2D eigenvalue weighted by Crippen LogP contribution is 2.45. The van der Waals surface area contributed by atoms with Crippen molar-refractivity contribution in [1.29, 1.82) is 0 Å². The van der Waals surface area contributed by atoms with Crippen molar-refractivity contribution >= 4 is 11.8 Å². The second kappa shape index (κ2) is 5.23. The second-order valence-corrected chi connectivity index (χ2v) is 5.62. The van der Waals surface area contributed by atoms with Crippen molar-refractivity contribution in [2.24, 2.45) is 0 Å².